The van der Waals surface area contributed by atoms with E-state index in [4.69, 9.17) is 0 Å². The van der Waals surface area contributed by atoms with Crippen molar-refractivity contribution in [3.05, 3.63) is 64.2 Å². The second-order valence-corrected chi connectivity index (χ2v) is 6.32. The lowest BCUT2D eigenvalue weighted by molar-refractivity contribution is -0.537. The fourth-order valence-electron chi connectivity index (χ4n) is 2.56. The number of esters is 1. The minimum Gasteiger partial charge on any atom is -0.467 e. The molecule has 0 bridgehead atoms. The Kier molecular flexibility index (Phi) is 5.06. The SMILES string of the molecule is COC(=O)C(C)(C)NC(=O)C1([N+](=O)[O-])C=CC(c2ccccc2)=CC1. The van der Waals surface area contributed by atoms with Gasteiger partial charge < -0.3 is 10.1 Å². The Bertz CT molecular complexity index is 752. The number of hydrogen-bond donors (Lipinski definition) is 1. The van der Waals surface area contributed by atoms with Crippen LogP contribution in [0.3, 0.4) is 0 Å². The summed E-state index contributed by atoms with van der Waals surface area (Å²) in [6.45, 7) is 2.87. The summed E-state index contributed by atoms with van der Waals surface area (Å²) >= 11 is 0. The van der Waals surface area contributed by atoms with Gasteiger partial charge in [-0.25, -0.2) is 4.79 Å². The number of carbonyl (C=O) groups is 2. The van der Waals surface area contributed by atoms with Crippen LogP contribution in [0.5, 0.6) is 0 Å². The smallest absolute Gasteiger partial charge is 0.330 e. The van der Waals surface area contributed by atoms with Crippen LogP contribution >= 0.6 is 0 Å². The van der Waals surface area contributed by atoms with Crippen LogP contribution in [-0.4, -0.2) is 35.0 Å². The second kappa shape index (κ2) is 6.88. The molecule has 0 radical (unpaired) electrons. The van der Waals surface area contributed by atoms with Crippen LogP contribution in [0.1, 0.15) is 25.8 Å². The highest BCUT2D eigenvalue weighted by Crippen LogP contribution is 2.30. The van der Waals surface area contributed by atoms with Gasteiger partial charge in [0.2, 0.25) is 0 Å². The maximum Gasteiger partial charge on any atom is 0.330 e. The first-order chi connectivity index (χ1) is 11.7. The van der Waals surface area contributed by atoms with Crippen LogP contribution in [0.4, 0.5) is 0 Å². The average Bonchev–Trinajstić information content (AvgIpc) is 2.61. The third-order valence-corrected chi connectivity index (χ3v) is 4.12. The number of hydrogen-bond acceptors (Lipinski definition) is 5. The van der Waals surface area contributed by atoms with Gasteiger partial charge in [-0.3, -0.25) is 14.9 Å². The Balaban J connectivity index is 2.26. The van der Waals surface area contributed by atoms with E-state index in [0.717, 1.165) is 11.1 Å². The predicted octanol–water partition coefficient (Wildman–Crippen LogP) is 2.11. The zero-order valence-corrected chi connectivity index (χ0v) is 14.3. The molecule has 1 atom stereocenters. The number of nitro groups is 1. The maximum atomic E-state index is 12.6. The van der Waals surface area contributed by atoms with Crippen molar-refractivity contribution in [1.29, 1.82) is 0 Å². The van der Waals surface area contributed by atoms with Crippen molar-refractivity contribution in [2.24, 2.45) is 0 Å². The van der Waals surface area contributed by atoms with Crippen molar-refractivity contribution < 1.29 is 19.2 Å². The van der Waals surface area contributed by atoms with E-state index in [1.807, 2.05) is 30.3 Å². The summed E-state index contributed by atoms with van der Waals surface area (Å²) in [5, 5.41) is 14.1. The van der Waals surface area contributed by atoms with E-state index in [-0.39, 0.29) is 6.42 Å². The van der Waals surface area contributed by atoms with Gasteiger partial charge >= 0.3 is 17.4 Å². The van der Waals surface area contributed by atoms with Gasteiger partial charge in [-0.1, -0.05) is 42.5 Å². The summed E-state index contributed by atoms with van der Waals surface area (Å²) in [6, 6.07) is 9.38. The van der Waals surface area contributed by atoms with E-state index in [0.29, 0.717) is 0 Å². The van der Waals surface area contributed by atoms with Crippen LogP contribution in [0.2, 0.25) is 0 Å². The van der Waals surface area contributed by atoms with E-state index in [9.17, 15) is 19.7 Å². The highest BCUT2D eigenvalue weighted by molar-refractivity contribution is 5.94. The third-order valence-electron chi connectivity index (χ3n) is 4.12. The molecular weight excluding hydrogens is 324 g/mol. The molecule has 2 rings (SSSR count). The van der Waals surface area contributed by atoms with E-state index >= 15 is 0 Å². The van der Waals surface area contributed by atoms with Gasteiger partial charge in [-0.05, 0) is 25.0 Å². The van der Waals surface area contributed by atoms with Crippen molar-refractivity contribution in [3.8, 4) is 0 Å². The van der Waals surface area contributed by atoms with Gasteiger partial charge in [0.05, 0.1) is 13.5 Å². The van der Waals surface area contributed by atoms with Crippen LogP contribution in [0.15, 0.2) is 48.6 Å². The number of methoxy groups -OCH3 is 1. The number of amides is 1. The summed E-state index contributed by atoms with van der Waals surface area (Å²) < 4.78 is 4.62. The Morgan fingerprint density at radius 3 is 2.40 bits per heavy atom. The highest BCUT2D eigenvalue weighted by Gasteiger charge is 2.51. The molecule has 132 valence electrons. The molecule has 1 N–H and O–H groups in total. The van der Waals surface area contributed by atoms with Gasteiger partial charge in [0.1, 0.15) is 5.54 Å². The molecule has 1 aliphatic rings. The lowest BCUT2D eigenvalue weighted by atomic mass is 9.85. The van der Waals surface area contributed by atoms with E-state index in [2.05, 4.69) is 10.1 Å². The molecule has 0 aliphatic heterocycles. The summed E-state index contributed by atoms with van der Waals surface area (Å²) in [7, 11) is 1.19. The zero-order valence-electron chi connectivity index (χ0n) is 14.3. The van der Waals surface area contributed by atoms with Crippen LogP contribution < -0.4 is 5.32 Å². The highest BCUT2D eigenvalue weighted by atomic mass is 16.6. The first-order valence-corrected chi connectivity index (χ1v) is 7.73. The standard InChI is InChI=1S/C18H20N2O5/c1-17(2,16(22)25-3)19-15(21)18(20(23)24)11-9-14(10-12-18)13-7-5-4-6-8-13/h4-11H,12H2,1-3H3,(H,19,21). The number of ether oxygens (including phenoxy) is 1. The Labute approximate surface area is 145 Å². The fourth-order valence-corrected chi connectivity index (χ4v) is 2.56. The van der Waals surface area contributed by atoms with Gasteiger partial charge in [-0.15, -0.1) is 0 Å². The number of allylic oxidation sites excluding steroid dienone is 2. The summed E-state index contributed by atoms with van der Waals surface area (Å²) in [5.41, 5.74) is -1.61. The van der Waals surface area contributed by atoms with E-state index in [1.165, 1.54) is 27.0 Å². The normalized spacial score (nSPS) is 19.7. The molecule has 0 heterocycles. The van der Waals surface area contributed by atoms with Crippen molar-refractivity contribution in [2.45, 2.75) is 31.3 Å². The number of rotatable bonds is 5. The van der Waals surface area contributed by atoms with Crippen LogP contribution in [0.25, 0.3) is 5.57 Å². The lowest BCUT2D eigenvalue weighted by Gasteiger charge is -2.28. The first kappa shape index (κ1) is 18.4. The van der Waals surface area contributed by atoms with Gasteiger partial charge in [0, 0.05) is 11.0 Å². The molecule has 0 aromatic heterocycles. The van der Waals surface area contributed by atoms with Gasteiger partial charge in [-0.2, -0.15) is 0 Å². The average molecular weight is 344 g/mol. The molecule has 1 aromatic carbocycles. The zero-order chi connectivity index (χ0) is 18.7. The summed E-state index contributed by atoms with van der Waals surface area (Å²) in [4.78, 5) is 35.3. The Morgan fingerprint density at radius 1 is 1.28 bits per heavy atom. The second-order valence-electron chi connectivity index (χ2n) is 6.32. The molecule has 0 fully saturated rings. The number of carbonyl (C=O) groups excluding carboxylic acids is 2. The largest absolute Gasteiger partial charge is 0.467 e. The number of nitrogens with zero attached hydrogens (tertiary/aromatic N) is 1. The first-order valence-electron chi connectivity index (χ1n) is 7.73. The maximum absolute atomic E-state index is 12.6. The molecule has 0 saturated carbocycles. The fraction of sp³-hybridized carbons (Fsp3) is 0.333. The minimum absolute atomic E-state index is 0.107. The lowest BCUT2D eigenvalue weighted by Crippen LogP contribution is -2.59. The monoisotopic (exact) mass is 344 g/mol. The molecule has 0 saturated heterocycles. The molecule has 1 aromatic rings. The molecule has 0 spiro atoms. The summed E-state index contributed by atoms with van der Waals surface area (Å²) in [6.07, 6.45) is 4.39. The molecule has 7 nitrogen and oxygen atoms in total. The summed E-state index contributed by atoms with van der Waals surface area (Å²) in [5.74, 6) is -1.54. The third kappa shape index (κ3) is 3.60. The number of nitrogens with one attached hydrogen (secondary N) is 1. The van der Waals surface area contributed by atoms with Crippen LogP contribution in [0, 0.1) is 10.1 Å². The molecule has 1 unspecified atom stereocenters. The topological polar surface area (TPSA) is 98.5 Å². The Hall–Kier alpha value is -2.96. The minimum atomic E-state index is -1.95. The van der Waals surface area contributed by atoms with Crippen LogP contribution in [-0.2, 0) is 14.3 Å². The van der Waals surface area contributed by atoms with Crippen molar-refractivity contribution in [1.82, 2.24) is 5.32 Å². The van der Waals surface area contributed by atoms with Gasteiger partial charge in [0.15, 0.2) is 0 Å². The van der Waals surface area contributed by atoms with Gasteiger partial charge in [0.25, 0.3) is 0 Å². The van der Waals surface area contributed by atoms with E-state index < -0.39 is 27.9 Å². The van der Waals surface area contributed by atoms with Crippen molar-refractivity contribution in [3.63, 3.8) is 0 Å². The quantitative estimate of drug-likeness (QED) is 0.501. The predicted molar refractivity (Wildman–Crippen MR) is 92.1 cm³/mol. The number of benzene rings is 1. The molecule has 25 heavy (non-hydrogen) atoms. The van der Waals surface area contributed by atoms with Crippen molar-refractivity contribution in [2.75, 3.05) is 7.11 Å². The van der Waals surface area contributed by atoms with Crippen molar-refractivity contribution >= 4 is 17.4 Å². The molecule has 1 aliphatic carbocycles. The Morgan fingerprint density at radius 2 is 1.92 bits per heavy atom. The van der Waals surface area contributed by atoms with E-state index in [1.54, 1.807) is 12.2 Å². The molecular formula is C18H20N2O5. The molecule has 1 amide bonds. The molecule has 7 heteroatoms.